The van der Waals surface area contributed by atoms with Crippen molar-refractivity contribution in [3.63, 3.8) is 0 Å². The fourth-order valence-electron chi connectivity index (χ4n) is 2.21. The van der Waals surface area contributed by atoms with Crippen molar-refractivity contribution in [3.05, 3.63) is 34.9 Å². The van der Waals surface area contributed by atoms with E-state index in [0.717, 1.165) is 24.8 Å². The highest BCUT2D eigenvalue weighted by molar-refractivity contribution is 6.30. The molecule has 0 bridgehead atoms. The van der Waals surface area contributed by atoms with Gasteiger partial charge in [0.2, 0.25) is 0 Å². The van der Waals surface area contributed by atoms with Gasteiger partial charge in [0.25, 0.3) is 0 Å². The quantitative estimate of drug-likeness (QED) is 0.580. The minimum absolute atomic E-state index is 0.315. The molecule has 2 N–H and O–H groups in total. The van der Waals surface area contributed by atoms with Crippen molar-refractivity contribution in [1.82, 2.24) is 0 Å². The van der Waals surface area contributed by atoms with Crippen LogP contribution in [-0.4, -0.2) is 17.6 Å². The lowest BCUT2D eigenvalue weighted by molar-refractivity contribution is -0.158. The predicted molar refractivity (Wildman–Crippen MR) is 87.4 cm³/mol. The molecular weight excluding hydrogens is 286 g/mol. The smallest absolute Gasteiger partial charge is 0.323 e. The van der Waals surface area contributed by atoms with Gasteiger partial charge < -0.3 is 10.5 Å². The highest BCUT2D eigenvalue weighted by Crippen LogP contribution is 2.20. The summed E-state index contributed by atoms with van der Waals surface area (Å²) < 4.78 is 5.57. The summed E-state index contributed by atoms with van der Waals surface area (Å²) in [4.78, 5) is 12.0. The molecule has 1 aromatic rings. The van der Waals surface area contributed by atoms with E-state index in [-0.39, 0.29) is 5.97 Å². The molecular formula is C17H26ClNO2. The van der Waals surface area contributed by atoms with E-state index in [1.54, 1.807) is 0 Å². The Bertz CT molecular complexity index is 443. The van der Waals surface area contributed by atoms with Gasteiger partial charge in [-0.15, -0.1) is 0 Å². The molecule has 0 saturated heterocycles. The Morgan fingerprint density at radius 3 is 2.48 bits per heavy atom. The lowest BCUT2D eigenvalue weighted by atomic mass is 9.98. The van der Waals surface area contributed by atoms with Crippen LogP contribution in [-0.2, 0) is 16.0 Å². The molecule has 1 atom stereocenters. The Hall–Kier alpha value is -1.06. The van der Waals surface area contributed by atoms with E-state index in [1.807, 2.05) is 38.1 Å². The summed E-state index contributed by atoms with van der Waals surface area (Å²) in [5.41, 5.74) is 6.39. The minimum atomic E-state index is -0.576. The predicted octanol–water partition coefficient (Wildman–Crippen LogP) is 4.11. The van der Waals surface area contributed by atoms with Crippen LogP contribution in [0.5, 0.6) is 0 Å². The average Bonchev–Trinajstić information content (AvgIpc) is 2.40. The molecule has 0 radical (unpaired) electrons. The van der Waals surface area contributed by atoms with Crippen LogP contribution in [0.3, 0.4) is 0 Å². The number of rotatable bonds is 8. The van der Waals surface area contributed by atoms with E-state index < -0.39 is 11.6 Å². The standard InChI is InChI=1S/C17H26ClNO2/c1-4-5-6-7-15(19)16(20)21-17(2,3)12-13-8-10-14(18)11-9-13/h8-11,15H,4-7,12,19H2,1-3H3. The second-order valence-corrected chi connectivity index (χ2v) is 6.52. The van der Waals surface area contributed by atoms with Crippen molar-refractivity contribution < 1.29 is 9.53 Å². The van der Waals surface area contributed by atoms with Crippen molar-refractivity contribution in [3.8, 4) is 0 Å². The van der Waals surface area contributed by atoms with Gasteiger partial charge in [-0.25, -0.2) is 0 Å². The third-order valence-corrected chi connectivity index (χ3v) is 3.59. The highest BCUT2D eigenvalue weighted by atomic mass is 35.5. The SMILES string of the molecule is CCCCCC(N)C(=O)OC(C)(C)Cc1ccc(Cl)cc1. The fourth-order valence-corrected chi connectivity index (χ4v) is 2.34. The molecule has 4 heteroatoms. The first-order chi connectivity index (χ1) is 9.84. The lowest BCUT2D eigenvalue weighted by Gasteiger charge is -2.27. The van der Waals surface area contributed by atoms with Crippen LogP contribution in [0.25, 0.3) is 0 Å². The number of halogens is 1. The van der Waals surface area contributed by atoms with Gasteiger partial charge in [0, 0.05) is 11.4 Å². The first-order valence-electron chi connectivity index (χ1n) is 7.57. The molecule has 1 aromatic carbocycles. The van der Waals surface area contributed by atoms with E-state index in [2.05, 4.69) is 6.92 Å². The van der Waals surface area contributed by atoms with E-state index in [1.165, 1.54) is 0 Å². The van der Waals surface area contributed by atoms with Crippen molar-refractivity contribution in [2.24, 2.45) is 5.73 Å². The zero-order chi connectivity index (χ0) is 15.9. The molecule has 21 heavy (non-hydrogen) atoms. The number of hydrogen-bond donors (Lipinski definition) is 1. The topological polar surface area (TPSA) is 52.3 Å². The van der Waals surface area contributed by atoms with Gasteiger partial charge in [0.05, 0.1) is 0 Å². The van der Waals surface area contributed by atoms with Gasteiger partial charge in [0.1, 0.15) is 11.6 Å². The maximum absolute atomic E-state index is 12.0. The molecule has 0 spiro atoms. The highest BCUT2D eigenvalue weighted by Gasteiger charge is 2.26. The van der Waals surface area contributed by atoms with Crippen molar-refractivity contribution >= 4 is 17.6 Å². The summed E-state index contributed by atoms with van der Waals surface area (Å²) in [6, 6.07) is 7.04. The second kappa shape index (κ2) is 8.40. The summed E-state index contributed by atoms with van der Waals surface area (Å²) in [7, 11) is 0. The molecule has 3 nitrogen and oxygen atoms in total. The number of benzene rings is 1. The van der Waals surface area contributed by atoms with Crippen LogP contribution >= 0.6 is 11.6 Å². The number of carbonyl (C=O) groups is 1. The lowest BCUT2D eigenvalue weighted by Crippen LogP contribution is -2.39. The minimum Gasteiger partial charge on any atom is -0.458 e. The molecule has 0 aliphatic heterocycles. The Morgan fingerprint density at radius 2 is 1.90 bits per heavy atom. The van der Waals surface area contributed by atoms with Gasteiger partial charge in [-0.1, -0.05) is 49.9 Å². The number of esters is 1. The third-order valence-electron chi connectivity index (χ3n) is 3.34. The summed E-state index contributed by atoms with van der Waals surface area (Å²) in [5.74, 6) is -0.315. The van der Waals surface area contributed by atoms with E-state index in [0.29, 0.717) is 17.9 Å². The molecule has 0 amide bonds. The van der Waals surface area contributed by atoms with Gasteiger partial charge in [0.15, 0.2) is 0 Å². The monoisotopic (exact) mass is 311 g/mol. The number of ether oxygens (including phenoxy) is 1. The van der Waals surface area contributed by atoms with Crippen LogP contribution in [0.2, 0.25) is 5.02 Å². The van der Waals surface area contributed by atoms with E-state index in [9.17, 15) is 4.79 Å². The molecule has 1 unspecified atom stereocenters. The van der Waals surface area contributed by atoms with Crippen LogP contribution in [0, 0.1) is 0 Å². The molecule has 0 fully saturated rings. The molecule has 0 aliphatic rings. The van der Waals surface area contributed by atoms with Crippen molar-refractivity contribution in [1.29, 1.82) is 0 Å². The number of carbonyl (C=O) groups excluding carboxylic acids is 1. The van der Waals surface area contributed by atoms with Gasteiger partial charge in [-0.3, -0.25) is 4.79 Å². The molecule has 0 heterocycles. The maximum atomic E-state index is 12.0. The first-order valence-corrected chi connectivity index (χ1v) is 7.95. The van der Waals surface area contributed by atoms with Crippen LogP contribution < -0.4 is 5.73 Å². The maximum Gasteiger partial charge on any atom is 0.323 e. The number of hydrogen-bond acceptors (Lipinski definition) is 3. The zero-order valence-corrected chi connectivity index (χ0v) is 14.0. The Labute approximate surface area is 132 Å². The molecule has 0 aromatic heterocycles. The Morgan fingerprint density at radius 1 is 1.29 bits per heavy atom. The van der Waals surface area contributed by atoms with Gasteiger partial charge in [-0.05, 0) is 38.0 Å². The molecule has 118 valence electrons. The van der Waals surface area contributed by atoms with Gasteiger partial charge >= 0.3 is 5.97 Å². The molecule has 1 rings (SSSR count). The summed E-state index contributed by atoms with van der Waals surface area (Å²) in [6.45, 7) is 5.93. The summed E-state index contributed by atoms with van der Waals surface area (Å²) in [5, 5.41) is 0.700. The molecule has 0 aliphatic carbocycles. The van der Waals surface area contributed by atoms with Crippen LogP contribution in [0.15, 0.2) is 24.3 Å². The van der Waals surface area contributed by atoms with Crippen LogP contribution in [0.1, 0.15) is 52.0 Å². The second-order valence-electron chi connectivity index (χ2n) is 6.09. The number of unbranched alkanes of at least 4 members (excludes halogenated alkanes) is 2. The zero-order valence-electron chi connectivity index (χ0n) is 13.2. The summed E-state index contributed by atoms with van der Waals surface area (Å²) in [6.07, 6.45) is 4.49. The Kier molecular flexibility index (Phi) is 7.20. The van der Waals surface area contributed by atoms with Crippen molar-refractivity contribution in [2.45, 2.75) is 64.5 Å². The van der Waals surface area contributed by atoms with E-state index in [4.69, 9.17) is 22.1 Å². The van der Waals surface area contributed by atoms with E-state index >= 15 is 0 Å². The first kappa shape index (κ1) is 18.0. The normalized spacial score (nSPS) is 13.0. The Balaban J connectivity index is 2.50. The van der Waals surface area contributed by atoms with Crippen LogP contribution in [0.4, 0.5) is 0 Å². The average molecular weight is 312 g/mol. The third kappa shape index (κ3) is 6.96. The fraction of sp³-hybridized carbons (Fsp3) is 0.588. The van der Waals surface area contributed by atoms with Gasteiger partial charge in [-0.2, -0.15) is 0 Å². The molecule has 0 saturated carbocycles. The summed E-state index contributed by atoms with van der Waals surface area (Å²) >= 11 is 5.87. The number of nitrogens with two attached hydrogens (primary N) is 1. The largest absolute Gasteiger partial charge is 0.458 e. The van der Waals surface area contributed by atoms with Crippen molar-refractivity contribution in [2.75, 3.05) is 0 Å².